The zero-order valence-corrected chi connectivity index (χ0v) is 7.63. The number of hydrogen-bond acceptors (Lipinski definition) is 2. The zero-order chi connectivity index (χ0) is 8.48. The van der Waals surface area contributed by atoms with Gasteiger partial charge in [0.05, 0.1) is 11.7 Å². The Labute approximate surface area is 68.6 Å². The molecule has 1 rings (SSSR count). The summed E-state index contributed by atoms with van der Waals surface area (Å²) >= 11 is 0. The summed E-state index contributed by atoms with van der Waals surface area (Å²) in [7, 11) is 0. The van der Waals surface area contributed by atoms with Crippen LogP contribution in [0, 0.1) is 5.92 Å². The van der Waals surface area contributed by atoms with Crippen LogP contribution in [0.15, 0.2) is 0 Å². The van der Waals surface area contributed by atoms with Crippen molar-refractivity contribution in [2.24, 2.45) is 5.92 Å². The number of aliphatic hydroxyl groups excluding tert-OH is 1. The second-order valence-corrected chi connectivity index (χ2v) is 4.10. The average molecular weight is 158 g/mol. The van der Waals surface area contributed by atoms with Crippen LogP contribution in [0.4, 0.5) is 0 Å². The number of rotatable bonds is 1. The molecule has 1 fully saturated rings. The zero-order valence-electron chi connectivity index (χ0n) is 7.63. The van der Waals surface area contributed by atoms with Crippen LogP contribution in [-0.4, -0.2) is 23.4 Å². The summed E-state index contributed by atoms with van der Waals surface area (Å²) in [5.41, 5.74) is -0.0279. The maximum Gasteiger partial charge on any atom is 0.0630 e. The van der Waals surface area contributed by atoms with E-state index in [0.29, 0.717) is 5.92 Å². The Hall–Kier alpha value is -0.0800. The molecule has 2 atom stereocenters. The predicted molar refractivity (Wildman–Crippen MR) is 44.4 cm³/mol. The van der Waals surface area contributed by atoms with Crippen LogP contribution in [0.3, 0.4) is 0 Å². The van der Waals surface area contributed by atoms with Gasteiger partial charge in [-0.15, -0.1) is 0 Å². The normalized spacial score (nSPS) is 33.3. The van der Waals surface area contributed by atoms with E-state index in [1.807, 2.05) is 6.92 Å². The van der Waals surface area contributed by atoms with Crippen molar-refractivity contribution in [2.45, 2.75) is 45.3 Å². The first-order valence-corrected chi connectivity index (χ1v) is 4.33. The molecule has 0 aliphatic carbocycles. The van der Waals surface area contributed by atoms with Gasteiger partial charge in [0.15, 0.2) is 0 Å². The van der Waals surface area contributed by atoms with Crippen molar-refractivity contribution in [3.63, 3.8) is 0 Å². The Morgan fingerprint density at radius 1 is 1.55 bits per heavy atom. The van der Waals surface area contributed by atoms with Crippen molar-refractivity contribution < 1.29 is 9.84 Å². The Bertz CT molecular complexity index is 130. The molecule has 0 spiro atoms. The lowest BCUT2D eigenvalue weighted by Gasteiger charge is -2.36. The van der Waals surface area contributed by atoms with Crippen molar-refractivity contribution in [3.8, 4) is 0 Å². The number of aliphatic hydroxyl groups is 1. The summed E-state index contributed by atoms with van der Waals surface area (Å²) in [6, 6.07) is 0. The summed E-state index contributed by atoms with van der Waals surface area (Å²) < 4.78 is 5.53. The largest absolute Gasteiger partial charge is 0.393 e. The van der Waals surface area contributed by atoms with E-state index in [9.17, 15) is 5.11 Å². The van der Waals surface area contributed by atoms with E-state index in [-0.39, 0.29) is 11.7 Å². The van der Waals surface area contributed by atoms with E-state index in [1.165, 1.54) is 0 Å². The van der Waals surface area contributed by atoms with Gasteiger partial charge in [-0.05, 0) is 39.5 Å². The van der Waals surface area contributed by atoms with Gasteiger partial charge in [-0.2, -0.15) is 0 Å². The Morgan fingerprint density at radius 3 is 2.55 bits per heavy atom. The highest BCUT2D eigenvalue weighted by molar-refractivity contribution is 4.80. The fraction of sp³-hybridized carbons (Fsp3) is 1.00. The molecule has 0 saturated carbocycles. The molecule has 2 nitrogen and oxygen atoms in total. The molecule has 0 aromatic carbocycles. The Kier molecular flexibility index (Phi) is 2.55. The van der Waals surface area contributed by atoms with Gasteiger partial charge in [0.1, 0.15) is 0 Å². The van der Waals surface area contributed by atoms with Crippen LogP contribution in [0.5, 0.6) is 0 Å². The molecule has 2 unspecified atom stereocenters. The van der Waals surface area contributed by atoms with Gasteiger partial charge < -0.3 is 9.84 Å². The molecule has 1 aliphatic rings. The van der Waals surface area contributed by atoms with Crippen molar-refractivity contribution in [3.05, 3.63) is 0 Å². The third-order valence-electron chi connectivity index (χ3n) is 2.42. The van der Waals surface area contributed by atoms with E-state index in [2.05, 4.69) is 13.8 Å². The van der Waals surface area contributed by atoms with Crippen LogP contribution in [0.1, 0.15) is 33.6 Å². The van der Waals surface area contributed by atoms with E-state index in [4.69, 9.17) is 4.74 Å². The second kappa shape index (κ2) is 3.11. The average Bonchev–Trinajstić information content (AvgIpc) is 1.85. The van der Waals surface area contributed by atoms with Crippen LogP contribution in [-0.2, 0) is 4.74 Å². The van der Waals surface area contributed by atoms with E-state index in [0.717, 1.165) is 19.4 Å². The fourth-order valence-corrected chi connectivity index (χ4v) is 1.69. The highest BCUT2D eigenvalue weighted by atomic mass is 16.5. The molecule has 1 heterocycles. The molecule has 0 aromatic rings. The smallest absolute Gasteiger partial charge is 0.0630 e. The topological polar surface area (TPSA) is 29.5 Å². The van der Waals surface area contributed by atoms with Gasteiger partial charge in [0, 0.05) is 6.61 Å². The van der Waals surface area contributed by atoms with Gasteiger partial charge in [-0.25, -0.2) is 0 Å². The summed E-state index contributed by atoms with van der Waals surface area (Å²) in [5.74, 6) is 0.429. The third-order valence-corrected chi connectivity index (χ3v) is 2.42. The van der Waals surface area contributed by atoms with Gasteiger partial charge in [-0.1, -0.05) is 0 Å². The molecule has 2 heteroatoms. The molecular formula is C9H18O2. The summed E-state index contributed by atoms with van der Waals surface area (Å²) in [6.07, 6.45) is 1.80. The van der Waals surface area contributed by atoms with Crippen molar-refractivity contribution >= 4 is 0 Å². The van der Waals surface area contributed by atoms with Gasteiger partial charge in [0.2, 0.25) is 0 Å². The number of ether oxygens (including phenoxy) is 1. The maximum absolute atomic E-state index is 9.35. The molecule has 11 heavy (non-hydrogen) atoms. The van der Waals surface area contributed by atoms with Crippen LogP contribution in [0.25, 0.3) is 0 Å². The lowest BCUT2D eigenvalue weighted by Crippen LogP contribution is -2.37. The van der Waals surface area contributed by atoms with Crippen LogP contribution in [0.2, 0.25) is 0 Å². The minimum atomic E-state index is -0.182. The monoisotopic (exact) mass is 158 g/mol. The first kappa shape index (κ1) is 9.01. The Morgan fingerprint density at radius 2 is 2.18 bits per heavy atom. The molecule has 0 bridgehead atoms. The highest BCUT2D eigenvalue weighted by Crippen LogP contribution is 2.30. The van der Waals surface area contributed by atoms with E-state index >= 15 is 0 Å². The molecule has 0 amide bonds. The van der Waals surface area contributed by atoms with Gasteiger partial charge >= 0.3 is 0 Å². The predicted octanol–water partition coefficient (Wildman–Crippen LogP) is 1.57. The maximum atomic E-state index is 9.35. The first-order valence-electron chi connectivity index (χ1n) is 4.33. The van der Waals surface area contributed by atoms with Crippen molar-refractivity contribution in [1.29, 1.82) is 0 Å². The van der Waals surface area contributed by atoms with E-state index < -0.39 is 0 Å². The molecule has 0 radical (unpaired) electrons. The molecule has 1 saturated heterocycles. The van der Waals surface area contributed by atoms with E-state index in [1.54, 1.807) is 0 Å². The van der Waals surface area contributed by atoms with Crippen molar-refractivity contribution in [2.75, 3.05) is 6.61 Å². The molecule has 1 N–H and O–H groups in total. The molecule has 1 aliphatic heterocycles. The SMILES string of the molecule is CC(O)C1CCOC(C)(C)C1. The second-order valence-electron chi connectivity index (χ2n) is 4.10. The quantitative estimate of drug-likeness (QED) is 0.627. The summed E-state index contributed by atoms with van der Waals surface area (Å²) in [5, 5.41) is 9.35. The summed E-state index contributed by atoms with van der Waals surface area (Å²) in [6.45, 7) is 6.83. The van der Waals surface area contributed by atoms with Gasteiger partial charge in [-0.3, -0.25) is 0 Å². The summed E-state index contributed by atoms with van der Waals surface area (Å²) in [4.78, 5) is 0. The third kappa shape index (κ3) is 2.46. The lowest BCUT2D eigenvalue weighted by atomic mass is 9.85. The van der Waals surface area contributed by atoms with Crippen LogP contribution < -0.4 is 0 Å². The van der Waals surface area contributed by atoms with Crippen LogP contribution >= 0.6 is 0 Å². The van der Waals surface area contributed by atoms with Crippen molar-refractivity contribution in [1.82, 2.24) is 0 Å². The highest BCUT2D eigenvalue weighted by Gasteiger charge is 2.30. The Balaban J connectivity index is 2.46. The van der Waals surface area contributed by atoms with Gasteiger partial charge in [0.25, 0.3) is 0 Å². The number of hydrogen-bond donors (Lipinski definition) is 1. The minimum Gasteiger partial charge on any atom is -0.393 e. The first-order chi connectivity index (χ1) is 5.01. The standard InChI is InChI=1S/C9H18O2/c1-7(10)8-4-5-11-9(2,3)6-8/h7-8,10H,4-6H2,1-3H3. The molecule has 0 aromatic heterocycles. The lowest BCUT2D eigenvalue weighted by molar-refractivity contribution is -0.0924. The molecule has 66 valence electrons. The minimum absolute atomic E-state index is 0.0279. The fourth-order valence-electron chi connectivity index (χ4n) is 1.69. The molecular weight excluding hydrogens is 140 g/mol.